The zero-order chi connectivity index (χ0) is 15.2. The van der Waals surface area contributed by atoms with Gasteiger partial charge in [0.1, 0.15) is 12.4 Å². The molecule has 0 atom stereocenters. The molecule has 0 saturated heterocycles. The van der Waals surface area contributed by atoms with Crippen LogP contribution in [0.1, 0.15) is 18.2 Å². The lowest BCUT2D eigenvalue weighted by atomic mass is 10.1. The Hall–Kier alpha value is -2.41. The first-order valence-electron chi connectivity index (χ1n) is 6.69. The Morgan fingerprint density at radius 1 is 1.48 bits per heavy atom. The third kappa shape index (κ3) is 3.57. The highest BCUT2D eigenvalue weighted by molar-refractivity contribution is 5.43. The van der Waals surface area contributed by atoms with E-state index in [0.717, 1.165) is 17.8 Å². The summed E-state index contributed by atoms with van der Waals surface area (Å²) in [4.78, 5) is 14.5. The Labute approximate surface area is 122 Å². The fraction of sp³-hybridized carbons (Fsp3) is 0.357. The van der Waals surface area contributed by atoms with E-state index in [-0.39, 0.29) is 5.69 Å². The van der Waals surface area contributed by atoms with Gasteiger partial charge in [-0.1, -0.05) is 0 Å². The fourth-order valence-corrected chi connectivity index (χ4v) is 2.05. The molecule has 21 heavy (non-hydrogen) atoms. The number of non-ortho nitro benzene ring substituents is 1. The van der Waals surface area contributed by atoms with Crippen LogP contribution < -0.4 is 10.1 Å². The summed E-state index contributed by atoms with van der Waals surface area (Å²) < 4.78 is 7.78. The SMILES string of the molecule is CCn1cncc1COc1ccc([N+](=O)[O-])cc1CNC. The Morgan fingerprint density at radius 2 is 2.29 bits per heavy atom. The molecule has 0 aliphatic rings. The number of ether oxygens (including phenoxy) is 1. The molecular formula is C14H18N4O3. The van der Waals surface area contributed by atoms with Crippen LogP contribution in [0, 0.1) is 10.1 Å². The molecule has 0 aliphatic carbocycles. The van der Waals surface area contributed by atoms with Gasteiger partial charge in [0, 0.05) is 30.8 Å². The van der Waals surface area contributed by atoms with Crippen LogP contribution in [0.4, 0.5) is 5.69 Å². The predicted octanol–water partition coefficient (Wildman–Crippen LogP) is 2.11. The number of nitro groups is 1. The summed E-state index contributed by atoms with van der Waals surface area (Å²) in [7, 11) is 1.79. The summed E-state index contributed by atoms with van der Waals surface area (Å²) in [6, 6.07) is 4.62. The summed E-state index contributed by atoms with van der Waals surface area (Å²) in [6.45, 7) is 3.73. The van der Waals surface area contributed by atoms with Gasteiger partial charge in [-0.25, -0.2) is 4.98 Å². The van der Waals surface area contributed by atoms with Crippen molar-refractivity contribution >= 4 is 5.69 Å². The highest BCUT2D eigenvalue weighted by atomic mass is 16.6. The zero-order valence-corrected chi connectivity index (χ0v) is 12.1. The zero-order valence-electron chi connectivity index (χ0n) is 12.1. The number of nitrogens with zero attached hydrogens (tertiary/aromatic N) is 3. The topological polar surface area (TPSA) is 82.2 Å². The Kier molecular flexibility index (Phi) is 4.89. The van der Waals surface area contributed by atoms with Crippen LogP contribution in [-0.2, 0) is 19.7 Å². The summed E-state index contributed by atoms with van der Waals surface area (Å²) >= 11 is 0. The molecule has 0 unspecified atom stereocenters. The highest BCUT2D eigenvalue weighted by Crippen LogP contribution is 2.25. The van der Waals surface area contributed by atoms with Crippen LogP contribution in [0.15, 0.2) is 30.7 Å². The third-order valence-electron chi connectivity index (χ3n) is 3.14. The van der Waals surface area contributed by atoms with Gasteiger partial charge in [-0.05, 0) is 20.0 Å². The van der Waals surface area contributed by atoms with E-state index >= 15 is 0 Å². The molecule has 112 valence electrons. The van der Waals surface area contributed by atoms with Crippen molar-refractivity contribution in [1.82, 2.24) is 14.9 Å². The third-order valence-corrected chi connectivity index (χ3v) is 3.14. The van der Waals surface area contributed by atoms with Gasteiger partial charge in [-0.15, -0.1) is 0 Å². The Balaban J connectivity index is 2.17. The first-order chi connectivity index (χ1) is 10.2. The summed E-state index contributed by atoms with van der Waals surface area (Å²) in [6.07, 6.45) is 3.51. The first kappa shape index (κ1) is 15.0. The van der Waals surface area contributed by atoms with Gasteiger partial charge >= 0.3 is 0 Å². The van der Waals surface area contributed by atoms with Crippen LogP contribution in [0.2, 0.25) is 0 Å². The molecule has 0 amide bonds. The average molecular weight is 290 g/mol. The minimum Gasteiger partial charge on any atom is -0.487 e. The second-order valence-electron chi connectivity index (χ2n) is 4.54. The Morgan fingerprint density at radius 3 is 2.95 bits per heavy atom. The smallest absolute Gasteiger partial charge is 0.270 e. The molecule has 7 nitrogen and oxygen atoms in total. The number of aromatic nitrogens is 2. The molecule has 0 aliphatic heterocycles. The standard InChI is InChI=1S/C14H18N4O3/c1-3-17-10-16-8-13(17)9-21-14-5-4-12(18(19)20)6-11(14)7-15-2/h4-6,8,10,15H,3,7,9H2,1-2H3. The van der Waals surface area contributed by atoms with E-state index in [1.807, 2.05) is 11.5 Å². The number of hydrogen-bond acceptors (Lipinski definition) is 5. The van der Waals surface area contributed by atoms with Crippen molar-refractivity contribution < 1.29 is 9.66 Å². The molecule has 1 heterocycles. The first-order valence-corrected chi connectivity index (χ1v) is 6.69. The molecule has 0 fully saturated rings. The summed E-state index contributed by atoms with van der Waals surface area (Å²) in [5, 5.41) is 13.8. The fourth-order valence-electron chi connectivity index (χ4n) is 2.05. The highest BCUT2D eigenvalue weighted by Gasteiger charge is 2.12. The predicted molar refractivity (Wildman–Crippen MR) is 78.1 cm³/mol. The second kappa shape index (κ2) is 6.85. The van der Waals surface area contributed by atoms with Gasteiger partial charge in [0.05, 0.1) is 23.1 Å². The molecule has 0 bridgehead atoms. The molecule has 0 saturated carbocycles. The molecule has 0 radical (unpaired) electrons. The number of hydrogen-bond donors (Lipinski definition) is 1. The lowest BCUT2D eigenvalue weighted by Gasteiger charge is -2.12. The van der Waals surface area contributed by atoms with E-state index in [9.17, 15) is 10.1 Å². The van der Waals surface area contributed by atoms with Crippen LogP contribution in [0.25, 0.3) is 0 Å². The average Bonchev–Trinajstić information content (AvgIpc) is 2.93. The summed E-state index contributed by atoms with van der Waals surface area (Å²) in [5.41, 5.74) is 1.78. The minimum atomic E-state index is -0.408. The Bertz CT molecular complexity index is 624. The van der Waals surface area contributed by atoms with Crippen molar-refractivity contribution in [2.75, 3.05) is 7.05 Å². The van der Waals surface area contributed by atoms with Crippen molar-refractivity contribution in [3.05, 3.63) is 52.1 Å². The van der Waals surface area contributed by atoms with E-state index in [2.05, 4.69) is 10.3 Å². The maximum Gasteiger partial charge on any atom is 0.270 e. The second-order valence-corrected chi connectivity index (χ2v) is 4.54. The number of nitrogens with one attached hydrogen (secondary N) is 1. The van der Waals surface area contributed by atoms with Crippen molar-refractivity contribution in [2.45, 2.75) is 26.6 Å². The number of nitro benzene ring substituents is 1. The number of benzene rings is 1. The van der Waals surface area contributed by atoms with E-state index in [1.54, 1.807) is 25.6 Å². The van der Waals surface area contributed by atoms with Crippen LogP contribution in [0.3, 0.4) is 0 Å². The van der Waals surface area contributed by atoms with Crippen molar-refractivity contribution in [2.24, 2.45) is 0 Å². The van der Waals surface area contributed by atoms with E-state index in [1.165, 1.54) is 12.1 Å². The van der Waals surface area contributed by atoms with Crippen molar-refractivity contribution in [3.63, 3.8) is 0 Å². The number of imidazole rings is 1. The lowest BCUT2D eigenvalue weighted by Crippen LogP contribution is -2.09. The van der Waals surface area contributed by atoms with E-state index < -0.39 is 4.92 Å². The van der Waals surface area contributed by atoms with E-state index in [4.69, 9.17) is 4.74 Å². The molecular weight excluding hydrogens is 272 g/mol. The normalized spacial score (nSPS) is 10.6. The largest absolute Gasteiger partial charge is 0.487 e. The quantitative estimate of drug-likeness (QED) is 0.624. The van der Waals surface area contributed by atoms with Gasteiger partial charge < -0.3 is 14.6 Å². The molecule has 2 aromatic rings. The van der Waals surface area contributed by atoms with E-state index in [0.29, 0.717) is 18.9 Å². The van der Waals surface area contributed by atoms with Crippen molar-refractivity contribution in [3.8, 4) is 5.75 Å². The number of aryl methyl sites for hydroxylation is 1. The molecule has 0 spiro atoms. The molecule has 1 aromatic carbocycles. The van der Waals surface area contributed by atoms with Crippen LogP contribution >= 0.6 is 0 Å². The monoisotopic (exact) mass is 290 g/mol. The van der Waals surface area contributed by atoms with Gasteiger partial charge in [-0.3, -0.25) is 10.1 Å². The number of rotatable bonds is 7. The molecule has 7 heteroatoms. The van der Waals surface area contributed by atoms with Crippen LogP contribution in [-0.4, -0.2) is 21.5 Å². The van der Waals surface area contributed by atoms with Gasteiger partial charge in [-0.2, -0.15) is 0 Å². The lowest BCUT2D eigenvalue weighted by molar-refractivity contribution is -0.384. The van der Waals surface area contributed by atoms with Gasteiger partial charge in [0.15, 0.2) is 0 Å². The molecule has 1 aromatic heterocycles. The van der Waals surface area contributed by atoms with Gasteiger partial charge in [0.25, 0.3) is 5.69 Å². The maximum atomic E-state index is 10.8. The molecule has 2 rings (SSSR count). The van der Waals surface area contributed by atoms with Crippen LogP contribution in [0.5, 0.6) is 5.75 Å². The maximum absolute atomic E-state index is 10.8. The minimum absolute atomic E-state index is 0.0613. The summed E-state index contributed by atoms with van der Waals surface area (Å²) in [5.74, 6) is 0.638. The van der Waals surface area contributed by atoms with Gasteiger partial charge in [0.2, 0.25) is 0 Å². The molecule has 1 N–H and O–H groups in total. The van der Waals surface area contributed by atoms with Crippen molar-refractivity contribution in [1.29, 1.82) is 0 Å².